The van der Waals surface area contributed by atoms with Crippen LogP contribution in [0.25, 0.3) is 0 Å². The van der Waals surface area contributed by atoms with Gasteiger partial charge in [0.05, 0.1) is 13.0 Å². The summed E-state index contributed by atoms with van der Waals surface area (Å²) >= 11 is 0. The fraction of sp³-hybridized carbons (Fsp3) is 0.278. The number of nitrogens with one attached hydrogen (secondary N) is 2. The van der Waals surface area contributed by atoms with Crippen LogP contribution in [0.1, 0.15) is 25.0 Å². The first-order valence-corrected chi connectivity index (χ1v) is 7.78. The fourth-order valence-corrected chi connectivity index (χ4v) is 2.18. The molecule has 0 radical (unpaired) electrons. The molecule has 2 N–H and O–H groups in total. The Balaban J connectivity index is 1.88. The van der Waals surface area contributed by atoms with Crippen molar-refractivity contribution in [1.82, 2.24) is 10.3 Å². The lowest BCUT2D eigenvalue weighted by Crippen LogP contribution is -2.25. The van der Waals surface area contributed by atoms with E-state index in [9.17, 15) is 9.59 Å². The van der Waals surface area contributed by atoms with E-state index in [2.05, 4.69) is 15.6 Å². The maximum absolute atomic E-state index is 12.1. The third-order valence-corrected chi connectivity index (χ3v) is 3.25. The molecule has 6 nitrogen and oxygen atoms in total. The molecule has 0 fully saturated rings. The molecule has 0 unspecified atom stereocenters. The van der Waals surface area contributed by atoms with Crippen LogP contribution >= 0.6 is 0 Å². The minimum absolute atomic E-state index is 0.0893. The first-order chi connectivity index (χ1) is 11.6. The number of anilines is 1. The molecule has 6 heteroatoms. The zero-order valence-corrected chi connectivity index (χ0v) is 13.8. The smallest absolute Gasteiger partial charge is 0.224 e. The Morgan fingerprint density at radius 3 is 2.58 bits per heavy atom. The molecule has 2 aromatic rings. The molecular formula is C18H21N3O3. The molecule has 0 bridgehead atoms. The number of amides is 2. The van der Waals surface area contributed by atoms with Gasteiger partial charge in [-0.15, -0.1) is 0 Å². The van der Waals surface area contributed by atoms with Crippen LogP contribution in [0.2, 0.25) is 0 Å². The summed E-state index contributed by atoms with van der Waals surface area (Å²) in [6.07, 6.45) is 1.93. The van der Waals surface area contributed by atoms with Crippen molar-refractivity contribution in [1.29, 1.82) is 0 Å². The van der Waals surface area contributed by atoms with Crippen molar-refractivity contribution in [2.45, 2.75) is 26.8 Å². The van der Waals surface area contributed by atoms with Gasteiger partial charge in [-0.3, -0.25) is 9.59 Å². The zero-order valence-electron chi connectivity index (χ0n) is 13.8. The van der Waals surface area contributed by atoms with E-state index in [0.717, 1.165) is 11.1 Å². The second-order valence-electron chi connectivity index (χ2n) is 5.23. The maximum Gasteiger partial charge on any atom is 0.224 e. The summed E-state index contributed by atoms with van der Waals surface area (Å²) in [5, 5.41) is 5.55. The SMILES string of the molecule is CCOc1ncccc1CNC(=O)Cc1ccc(NC(C)=O)cc1. The average Bonchev–Trinajstić information content (AvgIpc) is 2.56. The Hall–Kier alpha value is -2.89. The molecule has 0 saturated heterocycles. The molecule has 0 aliphatic carbocycles. The van der Waals surface area contributed by atoms with E-state index in [1.807, 2.05) is 31.2 Å². The minimum Gasteiger partial charge on any atom is -0.478 e. The minimum atomic E-state index is -0.123. The van der Waals surface area contributed by atoms with Gasteiger partial charge in [0.2, 0.25) is 17.7 Å². The number of benzene rings is 1. The van der Waals surface area contributed by atoms with E-state index >= 15 is 0 Å². The number of pyridine rings is 1. The van der Waals surface area contributed by atoms with Crippen LogP contribution in [-0.4, -0.2) is 23.4 Å². The lowest BCUT2D eigenvalue weighted by molar-refractivity contribution is -0.120. The van der Waals surface area contributed by atoms with E-state index in [4.69, 9.17) is 4.74 Å². The summed E-state index contributed by atoms with van der Waals surface area (Å²) in [6.45, 7) is 4.24. The molecule has 0 aliphatic heterocycles. The fourth-order valence-electron chi connectivity index (χ4n) is 2.18. The molecule has 1 aromatic carbocycles. The number of aromatic nitrogens is 1. The summed E-state index contributed by atoms with van der Waals surface area (Å²) in [7, 11) is 0. The molecule has 1 aromatic heterocycles. The molecule has 2 rings (SSSR count). The van der Waals surface area contributed by atoms with Crippen molar-refractivity contribution < 1.29 is 14.3 Å². The van der Waals surface area contributed by atoms with Crippen molar-refractivity contribution in [3.8, 4) is 5.88 Å². The van der Waals surface area contributed by atoms with Crippen molar-refractivity contribution in [2.75, 3.05) is 11.9 Å². The highest BCUT2D eigenvalue weighted by atomic mass is 16.5. The van der Waals surface area contributed by atoms with Crippen LogP contribution in [0.5, 0.6) is 5.88 Å². The first-order valence-electron chi connectivity index (χ1n) is 7.78. The highest BCUT2D eigenvalue weighted by Gasteiger charge is 2.07. The van der Waals surface area contributed by atoms with E-state index in [0.29, 0.717) is 24.7 Å². The van der Waals surface area contributed by atoms with Crippen LogP contribution < -0.4 is 15.4 Å². The number of hydrogen-bond donors (Lipinski definition) is 2. The summed E-state index contributed by atoms with van der Waals surface area (Å²) in [4.78, 5) is 27.2. The number of rotatable bonds is 7. The third kappa shape index (κ3) is 5.39. The monoisotopic (exact) mass is 327 g/mol. The van der Waals surface area contributed by atoms with Gasteiger partial charge in [-0.05, 0) is 30.7 Å². The Bertz CT molecular complexity index is 699. The van der Waals surface area contributed by atoms with E-state index in [1.165, 1.54) is 6.92 Å². The van der Waals surface area contributed by atoms with Crippen LogP contribution in [-0.2, 0) is 22.6 Å². The summed E-state index contributed by atoms with van der Waals surface area (Å²) in [5.74, 6) is 0.329. The van der Waals surface area contributed by atoms with E-state index in [-0.39, 0.29) is 18.2 Å². The summed E-state index contributed by atoms with van der Waals surface area (Å²) in [6, 6.07) is 10.9. The van der Waals surface area contributed by atoms with Crippen LogP contribution in [0.15, 0.2) is 42.6 Å². The van der Waals surface area contributed by atoms with Gasteiger partial charge in [-0.2, -0.15) is 0 Å². The highest BCUT2D eigenvalue weighted by Crippen LogP contribution is 2.14. The number of carbonyl (C=O) groups excluding carboxylic acids is 2. The van der Waals surface area contributed by atoms with Gasteiger partial charge in [0.1, 0.15) is 0 Å². The Morgan fingerprint density at radius 1 is 1.17 bits per heavy atom. The summed E-state index contributed by atoms with van der Waals surface area (Å²) in [5.41, 5.74) is 2.43. The standard InChI is InChI=1S/C18H21N3O3/c1-3-24-18-15(5-4-10-19-18)12-20-17(23)11-14-6-8-16(9-7-14)21-13(2)22/h4-10H,3,11-12H2,1-2H3,(H,20,23)(H,21,22). The van der Waals surface area contributed by atoms with Gasteiger partial charge in [0.25, 0.3) is 0 Å². The molecule has 126 valence electrons. The largest absolute Gasteiger partial charge is 0.478 e. The van der Waals surface area contributed by atoms with Gasteiger partial charge in [0, 0.05) is 30.9 Å². The number of nitrogens with zero attached hydrogens (tertiary/aromatic N) is 1. The van der Waals surface area contributed by atoms with Crippen molar-refractivity contribution in [3.63, 3.8) is 0 Å². The normalized spacial score (nSPS) is 10.1. The number of carbonyl (C=O) groups is 2. The van der Waals surface area contributed by atoms with Crippen molar-refractivity contribution >= 4 is 17.5 Å². The molecule has 1 heterocycles. The maximum atomic E-state index is 12.1. The van der Waals surface area contributed by atoms with Crippen LogP contribution in [0.4, 0.5) is 5.69 Å². The van der Waals surface area contributed by atoms with E-state index < -0.39 is 0 Å². The van der Waals surface area contributed by atoms with Crippen molar-refractivity contribution in [3.05, 3.63) is 53.7 Å². The lowest BCUT2D eigenvalue weighted by Gasteiger charge is -2.10. The predicted octanol–water partition coefficient (Wildman–Crippen LogP) is 2.30. The van der Waals surface area contributed by atoms with Crippen LogP contribution in [0.3, 0.4) is 0 Å². The number of hydrogen-bond acceptors (Lipinski definition) is 4. The molecule has 2 amide bonds. The lowest BCUT2D eigenvalue weighted by atomic mass is 10.1. The molecule has 24 heavy (non-hydrogen) atoms. The van der Waals surface area contributed by atoms with Gasteiger partial charge >= 0.3 is 0 Å². The Morgan fingerprint density at radius 2 is 1.92 bits per heavy atom. The second-order valence-corrected chi connectivity index (χ2v) is 5.23. The molecule has 0 saturated carbocycles. The molecular weight excluding hydrogens is 306 g/mol. The second kappa shape index (κ2) is 8.67. The zero-order chi connectivity index (χ0) is 17.4. The van der Waals surface area contributed by atoms with Crippen LogP contribution in [0, 0.1) is 0 Å². The van der Waals surface area contributed by atoms with Gasteiger partial charge in [0.15, 0.2) is 0 Å². The molecule has 0 atom stereocenters. The van der Waals surface area contributed by atoms with Crippen molar-refractivity contribution in [2.24, 2.45) is 0 Å². The topological polar surface area (TPSA) is 80.3 Å². The van der Waals surface area contributed by atoms with E-state index in [1.54, 1.807) is 18.3 Å². The number of ether oxygens (including phenoxy) is 1. The highest BCUT2D eigenvalue weighted by molar-refractivity contribution is 5.88. The molecule has 0 spiro atoms. The third-order valence-electron chi connectivity index (χ3n) is 3.25. The quantitative estimate of drug-likeness (QED) is 0.818. The van der Waals surface area contributed by atoms with Gasteiger partial charge < -0.3 is 15.4 Å². The molecule has 0 aliphatic rings. The predicted molar refractivity (Wildman–Crippen MR) is 91.7 cm³/mol. The van der Waals surface area contributed by atoms with Gasteiger partial charge in [-0.25, -0.2) is 4.98 Å². The first kappa shape index (κ1) is 17.5. The Kier molecular flexibility index (Phi) is 6.31. The summed E-state index contributed by atoms with van der Waals surface area (Å²) < 4.78 is 5.44. The average molecular weight is 327 g/mol. The Labute approximate surface area is 141 Å². The van der Waals surface area contributed by atoms with Gasteiger partial charge in [-0.1, -0.05) is 18.2 Å².